The lowest BCUT2D eigenvalue weighted by atomic mass is 9.91. The van der Waals surface area contributed by atoms with Gasteiger partial charge in [0.25, 0.3) is 5.56 Å². The Labute approximate surface area is 273 Å². The number of esters is 1. The molecule has 5 rings (SSSR count). The van der Waals surface area contributed by atoms with Gasteiger partial charge in [-0.1, -0.05) is 76.3 Å². The van der Waals surface area contributed by atoms with Crippen LogP contribution >= 0.6 is 0 Å². The third-order valence-corrected chi connectivity index (χ3v) is 10.0. The van der Waals surface area contributed by atoms with Crippen LogP contribution in [0.5, 0.6) is 0 Å². The van der Waals surface area contributed by atoms with Gasteiger partial charge in [0.15, 0.2) is 17.5 Å². The molecule has 8 nitrogen and oxygen atoms in total. The zero-order valence-corrected chi connectivity index (χ0v) is 28.0. The number of likely N-dealkylation sites (tertiary alicyclic amines) is 1. The first-order valence-electron chi connectivity index (χ1n) is 18.0. The molecule has 1 aromatic carbocycles. The minimum absolute atomic E-state index is 0.00444. The Morgan fingerprint density at radius 2 is 1.67 bits per heavy atom. The van der Waals surface area contributed by atoms with Gasteiger partial charge in [-0.3, -0.25) is 14.2 Å². The molecule has 46 heavy (non-hydrogen) atoms. The van der Waals surface area contributed by atoms with Crippen LogP contribution in [0.15, 0.2) is 27.5 Å². The van der Waals surface area contributed by atoms with Crippen molar-refractivity contribution in [1.29, 1.82) is 0 Å². The maximum absolute atomic E-state index is 13.6. The first-order chi connectivity index (χ1) is 22.4. The lowest BCUT2D eigenvalue weighted by Gasteiger charge is -2.31. The molecule has 1 saturated heterocycles. The molecule has 2 aromatic heterocycles. The normalized spacial score (nSPS) is 17.4. The fourth-order valence-electron chi connectivity index (χ4n) is 7.22. The molecule has 0 saturated carbocycles. The number of halogens is 1. The average Bonchev–Trinajstić information content (AvgIpc) is 3.47. The van der Waals surface area contributed by atoms with Crippen LogP contribution in [0.25, 0.3) is 11.0 Å². The monoisotopic (exact) mass is 636 g/mol. The van der Waals surface area contributed by atoms with Crippen LogP contribution in [0, 0.1) is 12.7 Å². The van der Waals surface area contributed by atoms with Crippen molar-refractivity contribution in [2.45, 2.75) is 142 Å². The first kappa shape index (κ1) is 34.3. The van der Waals surface area contributed by atoms with Crippen LogP contribution < -0.4 is 5.56 Å². The molecule has 3 aromatic rings. The quantitative estimate of drug-likeness (QED) is 0.109. The fourth-order valence-corrected chi connectivity index (χ4v) is 7.22. The maximum atomic E-state index is 13.6. The van der Waals surface area contributed by atoms with E-state index < -0.39 is 6.10 Å². The standard InChI is InChI=1S/C37H53FN4O4/c1-3-4-5-6-7-8-9-10-11-12-13-16-34(43)45-32-15-14-22-42-36(32)39-27(2)30(37(42)44)21-25-41-23-19-28(20-24-41)35-31-18-17-29(38)26-33(31)46-40-35/h17-18,26,28,32H,3-16,19-25H2,1-2H3/t32-/m0/s1. The average molecular weight is 637 g/mol. The number of carbonyl (C=O) groups excluding carboxylic acids is 1. The summed E-state index contributed by atoms with van der Waals surface area (Å²) in [5, 5.41) is 5.15. The van der Waals surface area contributed by atoms with E-state index in [1.807, 2.05) is 6.92 Å². The summed E-state index contributed by atoms with van der Waals surface area (Å²) >= 11 is 0. The summed E-state index contributed by atoms with van der Waals surface area (Å²) in [5.41, 5.74) is 2.90. The number of unbranched alkanes of at least 4 members (excludes halogenated alkanes) is 10. The largest absolute Gasteiger partial charge is 0.454 e. The Kier molecular flexibility index (Phi) is 12.8. The van der Waals surface area contributed by atoms with E-state index in [-0.39, 0.29) is 23.3 Å². The number of aryl methyl sites for hydroxylation is 1. The van der Waals surface area contributed by atoms with Crippen LogP contribution in [0.4, 0.5) is 4.39 Å². The van der Waals surface area contributed by atoms with Crippen molar-refractivity contribution in [3.05, 3.63) is 57.1 Å². The summed E-state index contributed by atoms with van der Waals surface area (Å²) in [7, 11) is 0. The van der Waals surface area contributed by atoms with Gasteiger partial charge in [0.05, 0.1) is 5.69 Å². The van der Waals surface area contributed by atoms with Crippen LogP contribution in [-0.2, 0) is 22.5 Å². The second kappa shape index (κ2) is 17.2. The molecule has 0 bridgehead atoms. The van der Waals surface area contributed by atoms with Crippen molar-refractivity contribution in [3.63, 3.8) is 0 Å². The number of hydrogen-bond acceptors (Lipinski definition) is 7. The molecule has 1 atom stereocenters. The molecule has 0 aliphatic carbocycles. The van der Waals surface area contributed by atoms with Crippen molar-refractivity contribution in [2.24, 2.45) is 0 Å². The third-order valence-electron chi connectivity index (χ3n) is 10.0. The van der Waals surface area contributed by atoms with E-state index in [4.69, 9.17) is 14.2 Å². The molecule has 1 fully saturated rings. The summed E-state index contributed by atoms with van der Waals surface area (Å²) in [4.78, 5) is 33.5. The van der Waals surface area contributed by atoms with Gasteiger partial charge >= 0.3 is 5.97 Å². The number of fused-ring (bicyclic) bond motifs is 2. The van der Waals surface area contributed by atoms with Gasteiger partial charge in [-0.2, -0.15) is 0 Å². The molecule has 0 unspecified atom stereocenters. The highest BCUT2D eigenvalue weighted by molar-refractivity contribution is 5.79. The molecule has 0 amide bonds. The van der Waals surface area contributed by atoms with E-state index in [0.717, 1.165) is 74.1 Å². The minimum atomic E-state index is -0.447. The Hall–Kier alpha value is -3.07. The SMILES string of the molecule is CCCCCCCCCCCCCC(=O)O[C@H]1CCCn2c1nc(C)c(CCN1CCC(c3noc4cc(F)ccc34)CC1)c2=O. The van der Waals surface area contributed by atoms with E-state index in [1.54, 1.807) is 10.6 Å². The van der Waals surface area contributed by atoms with E-state index in [1.165, 1.54) is 69.9 Å². The molecule has 0 radical (unpaired) electrons. The van der Waals surface area contributed by atoms with Gasteiger partial charge in [-0.15, -0.1) is 0 Å². The smallest absolute Gasteiger partial charge is 0.306 e. The van der Waals surface area contributed by atoms with Crippen molar-refractivity contribution < 1.29 is 18.4 Å². The van der Waals surface area contributed by atoms with Gasteiger partial charge in [0, 0.05) is 48.1 Å². The number of hydrogen-bond donors (Lipinski definition) is 0. The topological polar surface area (TPSA) is 90.5 Å². The van der Waals surface area contributed by atoms with E-state index in [0.29, 0.717) is 37.2 Å². The van der Waals surface area contributed by atoms with E-state index in [2.05, 4.69) is 17.0 Å². The number of aromatic nitrogens is 3. The summed E-state index contributed by atoms with van der Waals surface area (Å²) in [6.07, 6.45) is 17.7. The first-order valence-corrected chi connectivity index (χ1v) is 18.0. The number of nitrogens with zero attached hydrogens (tertiary/aromatic N) is 4. The van der Waals surface area contributed by atoms with Crippen molar-refractivity contribution in [3.8, 4) is 0 Å². The van der Waals surface area contributed by atoms with Crippen molar-refractivity contribution in [2.75, 3.05) is 19.6 Å². The van der Waals surface area contributed by atoms with Crippen LogP contribution in [0.2, 0.25) is 0 Å². The van der Waals surface area contributed by atoms with E-state index >= 15 is 0 Å². The number of ether oxygens (including phenoxy) is 1. The summed E-state index contributed by atoms with van der Waals surface area (Å²) in [6, 6.07) is 4.60. The summed E-state index contributed by atoms with van der Waals surface area (Å²) in [5.74, 6) is 0.374. The van der Waals surface area contributed by atoms with Crippen molar-refractivity contribution >= 4 is 16.9 Å². The summed E-state index contributed by atoms with van der Waals surface area (Å²) in [6.45, 7) is 7.35. The number of rotatable bonds is 17. The van der Waals surface area contributed by atoms with E-state index in [9.17, 15) is 14.0 Å². The molecular formula is C37H53FN4O4. The third kappa shape index (κ3) is 9.05. The Bertz CT molecular complexity index is 1480. The number of piperidine rings is 1. The zero-order valence-electron chi connectivity index (χ0n) is 28.0. The highest BCUT2D eigenvalue weighted by Crippen LogP contribution is 2.33. The zero-order chi connectivity index (χ0) is 32.3. The van der Waals surface area contributed by atoms with Crippen LogP contribution in [0.1, 0.15) is 144 Å². The second-order valence-electron chi connectivity index (χ2n) is 13.5. The van der Waals surface area contributed by atoms with Crippen LogP contribution in [0.3, 0.4) is 0 Å². The second-order valence-corrected chi connectivity index (χ2v) is 13.5. The van der Waals surface area contributed by atoms with Gasteiger partial charge < -0.3 is 14.2 Å². The molecule has 0 N–H and O–H groups in total. The Morgan fingerprint density at radius 3 is 2.39 bits per heavy atom. The number of carbonyl (C=O) groups is 1. The van der Waals surface area contributed by atoms with Gasteiger partial charge in [0.1, 0.15) is 5.82 Å². The highest BCUT2D eigenvalue weighted by Gasteiger charge is 2.29. The maximum Gasteiger partial charge on any atom is 0.306 e. The molecule has 2 aliphatic heterocycles. The lowest BCUT2D eigenvalue weighted by Crippen LogP contribution is -2.38. The van der Waals surface area contributed by atoms with Gasteiger partial charge in [-0.25, -0.2) is 9.37 Å². The fraction of sp³-hybridized carbons (Fsp3) is 0.676. The molecule has 252 valence electrons. The predicted octanol–water partition coefficient (Wildman–Crippen LogP) is 8.33. The molecule has 0 spiro atoms. The highest BCUT2D eigenvalue weighted by atomic mass is 19.1. The predicted molar refractivity (Wildman–Crippen MR) is 178 cm³/mol. The molecular weight excluding hydrogens is 583 g/mol. The molecule has 9 heteroatoms. The number of benzene rings is 1. The summed E-state index contributed by atoms with van der Waals surface area (Å²) < 4.78 is 26.6. The minimum Gasteiger partial charge on any atom is -0.454 e. The van der Waals surface area contributed by atoms with Crippen LogP contribution in [-0.4, -0.2) is 45.2 Å². The Morgan fingerprint density at radius 1 is 0.978 bits per heavy atom. The molecule has 4 heterocycles. The lowest BCUT2D eigenvalue weighted by molar-refractivity contribution is -0.151. The Balaban J connectivity index is 1.05. The van der Waals surface area contributed by atoms with Gasteiger partial charge in [0.2, 0.25) is 0 Å². The van der Waals surface area contributed by atoms with Gasteiger partial charge in [-0.05, 0) is 70.7 Å². The molecule has 2 aliphatic rings. The van der Waals surface area contributed by atoms with Crippen molar-refractivity contribution in [1.82, 2.24) is 19.6 Å².